The molecule has 0 saturated carbocycles. The molecular weight excluding hydrogens is 580 g/mol. The zero-order valence-electron chi connectivity index (χ0n) is 26.1. The average Bonchev–Trinajstić information content (AvgIpc) is 3.19. The van der Waals surface area contributed by atoms with Crippen LogP contribution in [0, 0.1) is 11.3 Å². The molecule has 47 heavy (non-hydrogen) atoms. The van der Waals surface area contributed by atoms with Gasteiger partial charge in [-0.15, -0.1) is 0 Å². The molecule has 2 atom stereocenters. The number of rotatable bonds is 8. The molecule has 6 aromatic rings. The second-order valence-corrected chi connectivity index (χ2v) is 12.3. The van der Waals surface area contributed by atoms with Crippen LogP contribution >= 0.6 is 0 Å². The molecule has 0 radical (unpaired) electrons. The van der Waals surface area contributed by atoms with Crippen molar-refractivity contribution in [3.63, 3.8) is 0 Å². The van der Waals surface area contributed by atoms with Crippen molar-refractivity contribution in [1.29, 1.82) is 5.26 Å². The first kappa shape index (κ1) is 30.2. The van der Waals surface area contributed by atoms with Crippen LogP contribution in [-0.4, -0.2) is 44.7 Å². The lowest BCUT2D eigenvalue weighted by molar-refractivity contribution is -0.0213. The van der Waals surface area contributed by atoms with E-state index >= 15 is 0 Å². The number of aliphatic hydroxyl groups is 1. The van der Waals surface area contributed by atoms with Gasteiger partial charge < -0.3 is 10.0 Å². The Bertz CT molecular complexity index is 2050. The largest absolute Gasteiger partial charge is 0.390 e. The third-order valence-electron chi connectivity index (χ3n) is 9.10. The first-order valence-electron chi connectivity index (χ1n) is 16.0. The Morgan fingerprint density at radius 1 is 0.617 bits per heavy atom. The number of nitrogens with zero attached hydrogens (tertiary/aromatic N) is 4. The van der Waals surface area contributed by atoms with Crippen LogP contribution in [0.25, 0.3) is 21.5 Å². The summed E-state index contributed by atoms with van der Waals surface area (Å²) in [6.45, 7) is 1.38. The molecule has 0 bridgehead atoms. The van der Waals surface area contributed by atoms with Crippen molar-refractivity contribution in [3.05, 3.63) is 167 Å². The van der Waals surface area contributed by atoms with Gasteiger partial charge in [0.25, 0.3) is 0 Å². The Kier molecular flexibility index (Phi) is 8.66. The summed E-state index contributed by atoms with van der Waals surface area (Å²) in [5.41, 5.74) is 4.61. The van der Waals surface area contributed by atoms with Crippen LogP contribution in [0.15, 0.2) is 140 Å². The molecule has 0 aromatic heterocycles. The number of hydrogen-bond acceptors (Lipinski definition) is 4. The van der Waals surface area contributed by atoms with Gasteiger partial charge in [0.2, 0.25) is 0 Å². The lowest BCUT2D eigenvalue weighted by Gasteiger charge is -2.36. The first-order valence-corrected chi connectivity index (χ1v) is 16.0. The van der Waals surface area contributed by atoms with Gasteiger partial charge in [-0.05, 0) is 74.5 Å². The first-order chi connectivity index (χ1) is 23.0. The van der Waals surface area contributed by atoms with Crippen LogP contribution < -0.4 is 0 Å². The number of amides is 2. The Labute approximate surface area is 275 Å². The van der Waals surface area contributed by atoms with Crippen LogP contribution in [0.4, 0.5) is 4.79 Å². The summed E-state index contributed by atoms with van der Waals surface area (Å²) < 4.78 is 0. The summed E-state index contributed by atoms with van der Waals surface area (Å²) in [5, 5.41) is 29.6. The summed E-state index contributed by atoms with van der Waals surface area (Å²) in [6.07, 6.45) is -0.296. The second-order valence-electron chi connectivity index (χ2n) is 12.3. The smallest absolute Gasteiger partial charge is 0.335 e. The molecule has 1 aliphatic heterocycles. The number of β-amino-alcohol motifs (C(OH)–C–C–N with tert-alkyl or cyclic N) is 1. The predicted molar refractivity (Wildman–Crippen MR) is 186 cm³/mol. The molecule has 1 saturated heterocycles. The molecule has 1 fully saturated rings. The van der Waals surface area contributed by atoms with Gasteiger partial charge in [0, 0.05) is 19.6 Å². The summed E-state index contributed by atoms with van der Waals surface area (Å²) in [4.78, 5) is 16.8. The van der Waals surface area contributed by atoms with Crippen molar-refractivity contribution in [3.8, 4) is 6.07 Å². The van der Waals surface area contributed by atoms with Gasteiger partial charge in [-0.25, -0.2) is 9.80 Å². The molecule has 1 aliphatic rings. The minimum Gasteiger partial charge on any atom is -0.390 e. The minimum atomic E-state index is -0.820. The number of carbonyl (C=O) groups is 1. The van der Waals surface area contributed by atoms with E-state index in [9.17, 15) is 15.2 Å². The van der Waals surface area contributed by atoms with E-state index in [0.717, 1.165) is 43.8 Å². The molecule has 1 heterocycles. The number of urea groups is 1. The summed E-state index contributed by atoms with van der Waals surface area (Å²) in [7, 11) is 0. The molecule has 7 rings (SSSR count). The number of carbonyl (C=O) groups excluding carboxylic acids is 1. The van der Waals surface area contributed by atoms with E-state index in [1.54, 1.807) is 17.1 Å². The van der Waals surface area contributed by atoms with Crippen molar-refractivity contribution < 1.29 is 9.90 Å². The molecular formula is C41H36N4O2. The molecule has 1 N–H and O–H groups in total. The maximum Gasteiger partial charge on any atom is 0.335 e. The number of nitriles is 1. The van der Waals surface area contributed by atoms with Crippen LogP contribution in [0.3, 0.4) is 0 Å². The zero-order valence-corrected chi connectivity index (χ0v) is 26.1. The molecule has 0 unspecified atom stereocenters. The highest BCUT2D eigenvalue weighted by Crippen LogP contribution is 2.28. The quantitative estimate of drug-likeness (QED) is 0.190. The van der Waals surface area contributed by atoms with E-state index < -0.39 is 12.1 Å². The third-order valence-corrected chi connectivity index (χ3v) is 9.10. The minimum absolute atomic E-state index is 0.155. The topological polar surface area (TPSA) is 70.8 Å². The van der Waals surface area contributed by atoms with Gasteiger partial charge in [-0.2, -0.15) is 5.26 Å². The molecule has 0 spiro atoms. The third kappa shape index (κ3) is 6.73. The van der Waals surface area contributed by atoms with E-state index in [4.69, 9.17) is 0 Å². The maximum atomic E-state index is 15.0. The maximum absolute atomic E-state index is 15.0. The Hall–Kier alpha value is -5.48. The van der Waals surface area contributed by atoms with E-state index in [-0.39, 0.29) is 12.6 Å². The molecule has 6 aromatic carbocycles. The van der Waals surface area contributed by atoms with Crippen LogP contribution in [-0.2, 0) is 26.1 Å². The van der Waals surface area contributed by atoms with Gasteiger partial charge in [0.15, 0.2) is 0 Å². The van der Waals surface area contributed by atoms with E-state index in [2.05, 4.69) is 78.9 Å². The van der Waals surface area contributed by atoms with Gasteiger partial charge >= 0.3 is 6.03 Å². The molecule has 0 aliphatic carbocycles. The van der Waals surface area contributed by atoms with Crippen LogP contribution in [0.2, 0.25) is 0 Å². The summed E-state index contributed by atoms with van der Waals surface area (Å²) in [6, 6.07) is 48.2. The SMILES string of the molecule is N#Cc1ccc(CN2C[C@H](O)[C@H](Cc3ccccc3)N(Cc3ccc4ccccc4c3)C(=O)N2Cc2ccc3ccccc3c2)cc1. The summed E-state index contributed by atoms with van der Waals surface area (Å²) >= 11 is 0. The molecule has 2 amide bonds. The highest BCUT2D eigenvalue weighted by Gasteiger charge is 2.40. The van der Waals surface area contributed by atoms with E-state index in [1.165, 1.54) is 0 Å². The van der Waals surface area contributed by atoms with Crippen LogP contribution in [0.5, 0.6) is 0 Å². The average molecular weight is 617 g/mol. The fraction of sp³-hybridized carbons (Fsp3) is 0.171. The highest BCUT2D eigenvalue weighted by molar-refractivity contribution is 5.84. The molecule has 232 valence electrons. The van der Waals surface area contributed by atoms with E-state index in [1.807, 2.05) is 64.5 Å². The number of aliphatic hydroxyl groups excluding tert-OH is 1. The summed E-state index contributed by atoms with van der Waals surface area (Å²) in [5.74, 6) is 0. The van der Waals surface area contributed by atoms with Crippen molar-refractivity contribution in [2.24, 2.45) is 0 Å². The zero-order chi connectivity index (χ0) is 32.2. The van der Waals surface area contributed by atoms with Crippen molar-refractivity contribution in [2.45, 2.75) is 38.2 Å². The molecule has 6 nitrogen and oxygen atoms in total. The number of benzene rings is 6. The normalized spacial score (nSPS) is 17.1. The number of fused-ring (bicyclic) bond motifs is 2. The monoisotopic (exact) mass is 616 g/mol. The Morgan fingerprint density at radius 2 is 1.17 bits per heavy atom. The molecule has 6 heteroatoms. The van der Waals surface area contributed by atoms with Crippen molar-refractivity contribution >= 4 is 27.6 Å². The Balaban J connectivity index is 1.29. The highest BCUT2D eigenvalue weighted by atomic mass is 16.3. The van der Waals surface area contributed by atoms with Crippen LogP contribution in [0.1, 0.15) is 27.8 Å². The lowest BCUT2D eigenvalue weighted by atomic mass is 9.98. The van der Waals surface area contributed by atoms with E-state index in [0.29, 0.717) is 31.6 Å². The van der Waals surface area contributed by atoms with Gasteiger partial charge in [0.1, 0.15) is 0 Å². The standard InChI is InChI=1S/C41H36N4O2/c42-25-31-14-16-32(17-15-31)26-43-29-40(46)39(24-30-8-2-1-3-9-30)44(27-33-18-20-35-10-4-6-12-37(35)22-33)41(47)45(43)28-34-19-21-36-11-5-7-13-38(36)23-34/h1-23,39-40,46H,24,26-29H2/t39-,40-/m0/s1. The Morgan fingerprint density at radius 3 is 1.79 bits per heavy atom. The number of hydrogen-bond donors (Lipinski definition) is 1. The van der Waals surface area contributed by atoms with Gasteiger partial charge in [0.05, 0.1) is 30.3 Å². The fourth-order valence-corrected chi connectivity index (χ4v) is 6.60. The predicted octanol–water partition coefficient (Wildman–Crippen LogP) is 7.69. The van der Waals surface area contributed by atoms with Crippen molar-refractivity contribution in [2.75, 3.05) is 6.54 Å². The lowest BCUT2D eigenvalue weighted by Crippen LogP contribution is -2.51. The number of hydrazine groups is 1. The van der Waals surface area contributed by atoms with Gasteiger partial charge in [-0.3, -0.25) is 5.01 Å². The van der Waals surface area contributed by atoms with Gasteiger partial charge in [-0.1, -0.05) is 115 Å². The van der Waals surface area contributed by atoms with Crippen molar-refractivity contribution in [1.82, 2.24) is 14.9 Å². The fourth-order valence-electron chi connectivity index (χ4n) is 6.60. The second kappa shape index (κ2) is 13.5.